The largest absolute Gasteiger partial charge is 0.379 e. The minimum Gasteiger partial charge on any atom is -0.379 e. The molecule has 2 atom stereocenters. The minimum absolute atomic E-state index is 0.0343. The molecule has 1 saturated carbocycles. The lowest BCUT2D eigenvalue weighted by Gasteiger charge is -2.24. The van der Waals surface area contributed by atoms with E-state index in [1.807, 2.05) is 24.3 Å². The molecule has 2 aromatic carbocycles. The van der Waals surface area contributed by atoms with Crippen LogP contribution in [0.25, 0.3) is 10.9 Å². The second-order valence-corrected chi connectivity index (χ2v) is 9.10. The summed E-state index contributed by atoms with van der Waals surface area (Å²) in [5.74, 6) is 6.26. The van der Waals surface area contributed by atoms with Crippen molar-refractivity contribution in [3.8, 4) is 11.8 Å². The Morgan fingerprint density at radius 3 is 2.86 bits per heavy atom. The lowest BCUT2D eigenvalue weighted by Crippen LogP contribution is -2.36. The van der Waals surface area contributed by atoms with Gasteiger partial charge in [-0.15, -0.1) is 0 Å². The molecule has 1 saturated heterocycles. The molecule has 0 spiro atoms. The first-order valence-corrected chi connectivity index (χ1v) is 11.9. The fraction of sp³-hybridized carbons (Fsp3) is 0.296. The highest BCUT2D eigenvalue weighted by Gasteiger charge is 2.43. The molecular formula is C27H25N5O3. The van der Waals surface area contributed by atoms with Gasteiger partial charge in [-0.3, -0.25) is 14.5 Å². The van der Waals surface area contributed by atoms with Gasteiger partial charge in [-0.05, 0) is 36.0 Å². The lowest BCUT2D eigenvalue weighted by atomic mass is 10.0. The van der Waals surface area contributed by atoms with Gasteiger partial charge in [-0.25, -0.2) is 5.43 Å². The molecule has 35 heavy (non-hydrogen) atoms. The maximum absolute atomic E-state index is 12.9. The van der Waals surface area contributed by atoms with E-state index in [-0.39, 0.29) is 23.7 Å². The highest BCUT2D eigenvalue weighted by atomic mass is 16.5. The molecule has 176 valence electrons. The van der Waals surface area contributed by atoms with Gasteiger partial charge in [0.15, 0.2) is 0 Å². The van der Waals surface area contributed by atoms with Crippen LogP contribution in [0.2, 0.25) is 0 Å². The Bertz CT molecular complexity index is 1390. The van der Waals surface area contributed by atoms with Crippen LogP contribution in [0.15, 0.2) is 47.6 Å². The zero-order chi connectivity index (χ0) is 23.8. The molecule has 3 aliphatic rings. The number of morpholine rings is 1. The summed E-state index contributed by atoms with van der Waals surface area (Å²) < 4.78 is 5.39. The van der Waals surface area contributed by atoms with Crippen molar-refractivity contribution in [2.45, 2.75) is 12.3 Å². The fourth-order valence-electron chi connectivity index (χ4n) is 4.84. The zero-order valence-electron chi connectivity index (χ0n) is 19.1. The van der Waals surface area contributed by atoms with E-state index in [0.29, 0.717) is 23.5 Å². The van der Waals surface area contributed by atoms with Crippen molar-refractivity contribution in [3.05, 3.63) is 64.8 Å². The van der Waals surface area contributed by atoms with Crippen LogP contribution < -0.4 is 10.7 Å². The zero-order valence-corrected chi connectivity index (χ0v) is 19.1. The van der Waals surface area contributed by atoms with E-state index in [1.165, 1.54) is 5.56 Å². The first-order valence-electron chi connectivity index (χ1n) is 11.9. The van der Waals surface area contributed by atoms with E-state index < -0.39 is 0 Å². The molecule has 2 unspecified atom stereocenters. The highest BCUT2D eigenvalue weighted by molar-refractivity contribution is 6.16. The van der Waals surface area contributed by atoms with E-state index in [2.05, 4.69) is 49.7 Å². The minimum atomic E-state index is -0.318. The standard InChI is InChI=1S/C27H25N5O3/c33-26(20-15-19(20)17-5-2-1-3-6-17)29-18-13-21-25-22(16-28-31-27(21)34)23(30-24(25)14-18)7-4-8-32-9-11-35-12-10-32/h1-3,5-6,13-14,16,19-20,30H,8-12,15H2,(H,29,33)(H,31,34). The Morgan fingerprint density at radius 1 is 1.20 bits per heavy atom. The van der Waals surface area contributed by atoms with Gasteiger partial charge in [0, 0.05) is 41.2 Å². The number of H-pyrrole nitrogens is 1. The van der Waals surface area contributed by atoms with Crippen molar-refractivity contribution in [2.24, 2.45) is 11.0 Å². The van der Waals surface area contributed by atoms with Gasteiger partial charge in [0.05, 0.1) is 37.2 Å². The molecule has 1 aromatic heterocycles. The summed E-state index contributed by atoms with van der Waals surface area (Å²) in [6.07, 6.45) is 2.45. The van der Waals surface area contributed by atoms with Crippen LogP contribution in [0.3, 0.4) is 0 Å². The average Bonchev–Trinajstić information content (AvgIpc) is 3.64. The molecular weight excluding hydrogens is 442 g/mol. The topological polar surface area (TPSA) is 98.8 Å². The number of nitrogens with one attached hydrogen (secondary N) is 3. The van der Waals surface area contributed by atoms with E-state index in [9.17, 15) is 9.59 Å². The molecule has 1 aliphatic carbocycles. The van der Waals surface area contributed by atoms with E-state index in [0.717, 1.165) is 49.2 Å². The van der Waals surface area contributed by atoms with Gasteiger partial charge < -0.3 is 15.0 Å². The predicted molar refractivity (Wildman–Crippen MR) is 133 cm³/mol. The van der Waals surface area contributed by atoms with Crippen molar-refractivity contribution < 1.29 is 14.3 Å². The summed E-state index contributed by atoms with van der Waals surface area (Å²) in [5.41, 5.74) is 6.97. The summed E-state index contributed by atoms with van der Waals surface area (Å²) in [4.78, 5) is 31.3. The van der Waals surface area contributed by atoms with Crippen LogP contribution >= 0.6 is 0 Å². The van der Waals surface area contributed by atoms with Gasteiger partial charge in [0.25, 0.3) is 5.91 Å². The fourth-order valence-corrected chi connectivity index (χ4v) is 4.84. The van der Waals surface area contributed by atoms with Gasteiger partial charge >= 0.3 is 0 Å². The first-order chi connectivity index (χ1) is 17.2. The Balaban J connectivity index is 1.26. The summed E-state index contributed by atoms with van der Waals surface area (Å²) in [7, 11) is 0. The summed E-state index contributed by atoms with van der Waals surface area (Å²) in [6.45, 7) is 3.83. The second kappa shape index (κ2) is 9.02. The maximum Gasteiger partial charge on any atom is 0.272 e. The third-order valence-electron chi connectivity index (χ3n) is 6.78. The first kappa shape index (κ1) is 21.6. The van der Waals surface area contributed by atoms with E-state index >= 15 is 0 Å². The molecule has 8 nitrogen and oxygen atoms in total. The molecule has 3 heterocycles. The molecule has 6 rings (SSSR count). The van der Waals surface area contributed by atoms with Gasteiger partial charge in [-0.2, -0.15) is 5.10 Å². The predicted octanol–water partition coefficient (Wildman–Crippen LogP) is 2.67. The van der Waals surface area contributed by atoms with Gasteiger partial charge in [0.2, 0.25) is 5.91 Å². The molecule has 3 N–H and O–H groups in total. The molecule has 0 radical (unpaired) electrons. The molecule has 2 amide bonds. The summed E-state index contributed by atoms with van der Waals surface area (Å²) in [5, 5.41) is 7.84. The molecule has 2 aliphatic heterocycles. The Labute approximate surface area is 202 Å². The van der Waals surface area contributed by atoms with Crippen molar-refractivity contribution in [1.82, 2.24) is 15.3 Å². The third kappa shape index (κ3) is 4.32. The number of aromatic nitrogens is 1. The van der Waals surface area contributed by atoms with Crippen molar-refractivity contribution >= 4 is 34.6 Å². The number of anilines is 1. The molecule has 2 fully saturated rings. The maximum atomic E-state index is 12.9. The number of aromatic amines is 1. The SMILES string of the molecule is O=C1NN=Cc2c(C#CCN3CCOCC3)[nH]c3cc(NC(=O)C4CC4c4ccccc4)cc1c23. The van der Waals surface area contributed by atoms with E-state index in [4.69, 9.17) is 4.74 Å². The van der Waals surface area contributed by atoms with Gasteiger partial charge in [-0.1, -0.05) is 36.3 Å². The number of hydrogen-bond donors (Lipinski definition) is 3. The molecule has 8 heteroatoms. The normalized spacial score (nSPS) is 21.1. The monoisotopic (exact) mass is 467 g/mol. The number of nitrogens with zero attached hydrogens (tertiary/aromatic N) is 2. The van der Waals surface area contributed by atoms with Crippen LogP contribution in [-0.2, 0) is 9.53 Å². The van der Waals surface area contributed by atoms with Crippen LogP contribution in [0.5, 0.6) is 0 Å². The van der Waals surface area contributed by atoms with Gasteiger partial charge in [0.1, 0.15) is 0 Å². The number of hydrazone groups is 1. The van der Waals surface area contributed by atoms with Crippen LogP contribution in [-0.4, -0.2) is 60.8 Å². The number of rotatable bonds is 4. The van der Waals surface area contributed by atoms with Crippen molar-refractivity contribution in [2.75, 3.05) is 38.2 Å². The number of carbonyl (C=O) groups is 2. The smallest absolute Gasteiger partial charge is 0.272 e. The van der Waals surface area contributed by atoms with Crippen LogP contribution in [0.4, 0.5) is 5.69 Å². The van der Waals surface area contributed by atoms with Crippen LogP contribution in [0.1, 0.15) is 39.5 Å². The van der Waals surface area contributed by atoms with Crippen molar-refractivity contribution in [3.63, 3.8) is 0 Å². The quantitative estimate of drug-likeness (QED) is 0.514. The Hall–Kier alpha value is -3.93. The Kier molecular flexibility index (Phi) is 5.57. The Morgan fingerprint density at radius 2 is 2.03 bits per heavy atom. The third-order valence-corrected chi connectivity index (χ3v) is 6.78. The van der Waals surface area contributed by atoms with E-state index in [1.54, 1.807) is 12.3 Å². The van der Waals surface area contributed by atoms with Crippen molar-refractivity contribution in [1.29, 1.82) is 0 Å². The highest BCUT2D eigenvalue weighted by Crippen LogP contribution is 2.48. The second-order valence-electron chi connectivity index (χ2n) is 9.10. The number of amides is 2. The molecule has 3 aromatic rings. The summed E-state index contributed by atoms with van der Waals surface area (Å²) in [6, 6.07) is 13.7. The lowest BCUT2D eigenvalue weighted by molar-refractivity contribution is -0.117. The van der Waals surface area contributed by atoms with Crippen LogP contribution in [0, 0.1) is 17.8 Å². The average molecular weight is 468 g/mol. The molecule has 0 bridgehead atoms. The summed E-state index contributed by atoms with van der Waals surface area (Å²) >= 11 is 0. The number of carbonyl (C=O) groups excluding carboxylic acids is 2. The number of hydrogen-bond acceptors (Lipinski definition) is 5. The number of benzene rings is 2. The number of ether oxygens (including phenoxy) is 1.